The highest BCUT2D eigenvalue weighted by atomic mass is 16.5. The lowest BCUT2D eigenvalue weighted by Gasteiger charge is -2.29. The van der Waals surface area contributed by atoms with Crippen LogP contribution in [0, 0.1) is 0 Å². The number of fused-ring (bicyclic) bond motifs is 6. The van der Waals surface area contributed by atoms with E-state index in [9.17, 15) is 15.0 Å². The highest BCUT2D eigenvalue weighted by molar-refractivity contribution is 5.81. The minimum absolute atomic E-state index is 0.0273. The van der Waals surface area contributed by atoms with Gasteiger partial charge in [-0.25, -0.2) is 4.79 Å². The second-order valence-electron chi connectivity index (χ2n) is 11.5. The van der Waals surface area contributed by atoms with Crippen LogP contribution in [0.5, 0.6) is 0 Å². The van der Waals surface area contributed by atoms with Crippen LogP contribution in [0.25, 0.3) is 22.3 Å². The van der Waals surface area contributed by atoms with Crippen LogP contribution in [0.3, 0.4) is 0 Å². The van der Waals surface area contributed by atoms with Crippen molar-refractivity contribution in [2.75, 3.05) is 19.8 Å². The molecule has 0 saturated carbocycles. The number of hydrogen-bond donors (Lipinski definition) is 3. The van der Waals surface area contributed by atoms with E-state index in [2.05, 4.69) is 91.5 Å². The van der Waals surface area contributed by atoms with Gasteiger partial charge in [-0.05, 0) is 82.3 Å². The van der Waals surface area contributed by atoms with Crippen molar-refractivity contribution < 1.29 is 29.6 Å². The molecule has 6 heteroatoms. The van der Waals surface area contributed by atoms with Gasteiger partial charge in [0.1, 0.15) is 0 Å². The number of carbonyl (C=O) groups is 1. The molecule has 3 atom stereocenters. The van der Waals surface area contributed by atoms with Gasteiger partial charge in [-0.1, -0.05) is 91.5 Å². The van der Waals surface area contributed by atoms with Crippen molar-refractivity contribution >= 4 is 5.97 Å². The van der Waals surface area contributed by atoms with Crippen LogP contribution >= 0.6 is 0 Å². The molecule has 6 nitrogen and oxygen atoms in total. The number of carboxylic acids is 1. The fourth-order valence-electron chi connectivity index (χ4n) is 6.29. The number of aliphatic carboxylic acids is 1. The molecule has 0 saturated heterocycles. The lowest BCUT2D eigenvalue weighted by molar-refractivity contribution is -0.131. The zero-order valence-electron chi connectivity index (χ0n) is 25.3. The maximum absolute atomic E-state index is 11.9. The molecule has 228 valence electrons. The second-order valence-corrected chi connectivity index (χ2v) is 11.5. The van der Waals surface area contributed by atoms with E-state index in [0.717, 1.165) is 18.9 Å². The summed E-state index contributed by atoms with van der Waals surface area (Å²) < 4.78 is 11.8. The third-order valence-electron chi connectivity index (χ3n) is 8.43. The summed E-state index contributed by atoms with van der Waals surface area (Å²) in [6.45, 7) is 7.27. The van der Waals surface area contributed by atoms with E-state index in [4.69, 9.17) is 14.6 Å². The quantitative estimate of drug-likeness (QED) is 0.151. The number of carboxylic acid groups (broad SMARTS) is 1. The fourth-order valence-corrected chi connectivity index (χ4v) is 6.29. The zero-order chi connectivity index (χ0) is 31.2. The first-order valence-electron chi connectivity index (χ1n) is 15.1. The van der Waals surface area contributed by atoms with Gasteiger partial charge in [-0.15, -0.1) is 0 Å². The minimum Gasteiger partial charge on any atom is -0.478 e. The molecule has 0 bridgehead atoms. The topological polar surface area (TPSA) is 96.2 Å². The van der Waals surface area contributed by atoms with Crippen molar-refractivity contribution in [2.24, 2.45) is 0 Å². The van der Waals surface area contributed by atoms with Gasteiger partial charge in [-0.3, -0.25) is 0 Å². The standard InChI is InChI=1S/C35H36O4.C3H4O2/c1-22(19-36)38-20-23(2)39-21-34(37)35(30-15-7-13-28-26-11-5-3-9-24(26)17-32(28)30)31-16-8-14-29-27-12-6-4-10-25(27)18-33(29)31;1-2-3(4)5/h3-16,22-23,34-37H,17-21H2,1-2H3;2H,1H2,(H,4,5). The van der Waals surface area contributed by atoms with Gasteiger partial charge in [0.15, 0.2) is 0 Å². The van der Waals surface area contributed by atoms with E-state index in [1.807, 2.05) is 13.8 Å². The lowest BCUT2D eigenvalue weighted by Crippen LogP contribution is -2.30. The third-order valence-corrected chi connectivity index (χ3v) is 8.43. The molecule has 0 amide bonds. The largest absolute Gasteiger partial charge is 0.478 e. The van der Waals surface area contributed by atoms with Crippen molar-refractivity contribution in [3.8, 4) is 22.3 Å². The number of ether oxygens (including phenoxy) is 2. The maximum Gasteiger partial charge on any atom is 0.327 e. The average molecular weight is 593 g/mol. The summed E-state index contributed by atoms with van der Waals surface area (Å²) in [5.41, 5.74) is 12.7. The molecule has 0 aromatic heterocycles. The van der Waals surface area contributed by atoms with E-state index in [1.54, 1.807) is 0 Å². The smallest absolute Gasteiger partial charge is 0.327 e. The molecule has 2 aliphatic carbocycles. The SMILES string of the molecule is C=CC(=O)O.CC(CO)OCC(C)OCC(O)C(c1cccc2c1Cc1ccccc1-2)c1cccc2c1Cc1ccccc1-2. The molecule has 0 heterocycles. The summed E-state index contributed by atoms with van der Waals surface area (Å²) in [7, 11) is 0. The minimum atomic E-state index is -0.981. The first-order valence-corrected chi connectivity index (χ1v) is 15.1. The predicted molar refractivity (Wildman–Crippen MR) is 173 cm³/mol. The molecular weight excluding hydrogens is 552 g/mol. The summed E-state index contributed by atoms with van der Waals surface area (Å²) in [5, 5.41) is 28.8. The summed E-state index contributed by atoms with van der Waals surface area (Å²) in [6.07, 6.45) is 1.38. The van der Waals surface area contributed by atoms with Crippen molar-refractivity contribution in [2.45, 2.75) is 50.9 Å². The van der Waals surface area contributed by atoms with Crippen LogP contribution in [0.15, 0.2) is 97.6 Å². The van der Waals surface area contributed by atoms with Crippen molar-refractivity contribution in [1.82, 2.24) is 0 Å². The van der Waals surface area contributed by atoms with E-state index < -0.39 is 12.1 Å². The van der Waals surface area contributed by atoms with Gasteiger partial charge >= 0.3 is 5.97 Å². The summed E-state index contributed by atoms with van der Waals surface area (Å²) in [6, 6.07) is 30.3. The van der Waals surface area contributed by atoms with Crippen LogP contribution in [0.1, 0.15) is 53.1 Å². The summed E-state index contributed by atoms with van der Waals surface area (Å²) >= 11 is 0. The Morgan fingerprint density at radius 1 is 0.750 bits per heavy atom. The molecule has 44 heavy (non-hydrogen) atoms. The molecule has 0 aliphatic heterocycles. The van der Waals surface area contributed by atoms with Gasteiger partial charge in [0.05, 0.1) is 38.1 Å². The Bertz CT molecular complexity index is 1530. The normalized spacial score (nSPS) is 14.4. The zero-order valence-corrected chi connectivity index (χ0v) is 25.3. The van der Waals surface area contributed by atoms with Gasteiger partial charge in [0, 0.05) is 12.0 Å². The van der Waals surface area contributed by atoms with Crippen molar-refractivity contribution in [3.63, 3.8) is 0 Å². The third kappa shape index (κ3) is 6.69. The number of aliphatic hydroxyl groups is 2. The van der Waals surface area contributed by atoms with E-state index >= 15 is 0 Å². The monoisotopic (exact) mass is 592 g/mol. The van der Waals surface area contributed by atoms with E-state index in [-0.39, 0.29) is 31.3 Å². The highest BCUT2D eigenvalue weighted by Gasteiger charge is 2.33. The molecule has 4 aromatic carbocycles. The highest BCUT2D eigenvalue weighted by Crippen LogP contribution is 2.46. The Kier molecular flexibility index (Phi) is 10.1. The molecule has 6 rings (SSSR count). The van der Waals surface area contributed by atoms with E-state index in [0.29, 0.717) is 6.61 Å². The molecular formula is C38H40O6. The first kappa shape index (κ1) is 31.4. The van der Waals surface area contributed by atoms with Gasteiger partial charge in [-0.2, -0.15) is 0 Å². The molecule has 0 spiro atoms. The lowest BCUT2D eigenvalue weighted by atomic mass is 9.80. The summed E-state index contributed by atoms with van der Waals surface area (Å²) in [4.78, 5) is 9.25. The Balaban J connectivity index is 0.000000712. The molecule has 0 radical (unpaired) electrons. The number of aliphatic hydroxyl groups excluding tert-OH is 2. The van der Waals surface area contributed by atoms with E-state index in [1.165, 1.54) is 55.6 Å². The Morgan fingerprint density at radius 2 is 1.20 bits per heavy atom. The number of benzene rings is 4. The second kappa shape index (κ2) is 14.1. The number of hydrogen-bond acceptors (Lipinski definition) is 5. The number of rotatable bonds is 11. The Morgan fingerprint density at radius 3 is 1.68 bits per heavy atom. The molecule has 2 aliphatic rings. The van der Waals surface area contributed by atoms with Gasteiger partial charge < -0.3 is 24.8 Å². The van der Waals surface area contributed by atoms with Crippen LogP contribution in [-0.2, 0) is 27.1 Å². The van der Waals surface area contributed by atoms with Crippen molar-refractivity contribution in [1.29, 1.82) is 0 Å². The summed E-state index contributed by atoms with van der Waals surface area (Å²) in [5.74, 6) is -1.21. The van der Waals surface area contributed by atoms with Crippen molar-refractivity contribution in [3.05, 3.63) is 131 Å². The van der Waals surface area contributed by atoms with Crippen LogP contribution in [-0.4, -0.2) is 59.4 Å². The van der Waals surface area contributed by atoms with Crippen LogP contribution in [0.2, 0.25) is 0 Å². The van der Waals surface area contributed by atoms with Crippen LogP contribution < -0.4 is 0 Å². The fraction of sp³-hybridized carbons (Fsp3) is 0.289. The molecule has 0 fully saturated rings. The van der Waals surface area contributed by atoms with Gasteiger partial charge in [0.25, 0.3) is 0 Å². The van der Waals surface area contributed by atoms with Crippen LogP contribution in [0.4, 0.5) is 0 Å². The predicted octanol–water partition coefficient (Wildman–Crippen LogP) is 6.38. The first-order chi connectivity index (χ1) is 21.3. The maximum atomic E-state index is 11.9. The molecule has 4 aromatic rings. The molecule has 3 unspecified atom stereocenters. The average Bonchev–Trinajstić information content (AvgIpc) is 3.62. The Hall–Kier alpha value is -4.07. The Labute approximate surface area is 259 Å². The molecule has 3 N–H and O–H groups in total. The van der Waals surface area contributed by atoms with Gasteiger partial charge in [0.2, 0.25) is 0 Å².